The van der Waals surface area contributed by atoms with Gasteiger partial charge in [-0.05, 0) is 17.2 Å². The third kappa shape index (κ3) is 1.83. The second-order valence-corrected chi connectivity index (χ2v) is 6.82. The molecule has 0 aromatic heterocycles. The van der Waals surface area contributed by atoms with Gasteiger partial charge in [-0.15, -0.1) is 0 Å². The molecule has 1 saturated carbocycles. The molecule has 2 aliphatic rings. The van der Waals surface area contributed by atoms with Crippen LogP contribution in [0.5, 0.6) is 0 Å². The lowest BCUT2D eigenvalue weighted by molar-refractivity contribution is -0.134. The Labute approximate surface area is 150 Å². The predicted octanol–water partition coefficient (Wildman–Crippen LogP) is 3.06. The van der Waals surface area contributed by atoms with Gasteiger partial charge >= 0.3 is 0 Å². The lowest BCUT2D eigenvalue weighted by atomic mass is 9.49. The number of hydrogen-bond acceptors (Lipinski definition) is 4. The van der Waals surface area contributed by atoms with Crippen LogP contribution in [0.3, 0.4) is 0 Å². The summed E-state index contributed by atoms with van der Waals surface area (Å²) in [4.78, 5) is 25.8. The topological polar surface area (TPSA) is 93.8 Å². The molecule has 2 atom stereocenters. The quantitative estimate of drug-likeness (QED) is 0.862. The van der Waals surface area contributed by atoms with Gasteiger partial charge in [-0.25, -0.2) is 0 Å². The largest absolute Gasteiger partial charge is 0.325 e. The van der Waals surface area contributed by atoms with Crippen molar-refractivity contribution >= 4 is 17.4 Å². The molecule has 0 saturated heterocycles. The number of Topliss-reactive ketones (excluding diaryl/α,β-unsaturated/α-hetero) is 1. The fraction of sp³-hybridized carbons (Fsp3) is 0.238. The SMILES string of the molecule is N#CC1(C#N)[C@@H](c2ccccc2)CC(=O)C[C@@]12C(=O)Nc1ccccc12. The Balaban J connectivity index is 2.04. The van der Waals surface area contributed by atoms with Crippen LogP contribution in [0.2, 0.25) is 0 Å². The van der Waals surface area contributed by atoms with Gasteiger partial charge in [-0.1, -0.05) is 48.5 Å². The van der Waals surface area contributed by atoms with Crippen LogP contribution in [-0.2, 0) is 15.0 Å². The summed E-state index contributed by atoms with van der Waals surface area (Å²) < 4.78 is 0. The first-order valence-electron chi connectivity index (χ1n) is 8.39. The summed E-state index contributed by atoms with van der Waals surface area (Å²) >= 11 is 0. The van der Waals surface area contributed by atoms with Crippen LogP contribution in [0.25, 0.3) is 0 Å². The molecule has 0 unspecified atom stereocenters. The van der Waals surface area contributed by atoms with Gasteiger partial charge in [0.05, 0.1) is 12.1 Å². The molecule has 2 aromatic rings. The van der Waals surface area contributed by atoms with Crippen molar-refractivity contribution in [3.05, 3.63) is 65.7 Å². The fourth-order valence-corrected chi connectivity index (χ4v) is 4.49. The molecule has 1 aliphatic heterocycles. The van der Waals surface area contributed by atoms with E-state index in [9.17, 15) is 20.1 Å². The number of amides is 1. The zero-order valence-electron chi connectivity index (χ0n) is 13.9. The smallest absolute Gasteiger partial charge is 0.238 e. The van der Waals surface area contributed by atoms with Gasteiger partial charge in [0.15, 0.2) is 5.41 Å². The van der Waals surface area contributed by atoms with Crippen molar-refractivity contribution in [3.63, 3.8) is 0 Å². The van der Waals surface area contributed by atoms with E-state index in [-0.39, 0.29) is 18.6 Å². The molecule has 26 heavy (non-hydrogen) atoms. The molecule has 5 heteroatoms. The standard InChI is InChI=1S/C21H15N3O2/c22-12-20(13-23)17(14-6-2-1-3-7-14)10-15(25)11-21(20)16-8-4-5-9-18(16)24-19(21)26/h1-9,17H,10-11H2,(H,24,26)/t17-,21-/m1/s1. The van der Waals surface area contributed by atoms with E-state index in [1.54, 1.807) is 36.4 Å². The van der Waals surface area contributed by atoms with Crippen molar-refractivity contribution in [1.82, 2.24) is 0 Å². The van der Waals surface area contributed by atoms with Gasteiger partial charge in [-0.3, -0.25) is 9.59 Å². The number of carbonyl (C=O) groups excluding carboxylic acids is 2. The molecule has 1 aliphatic carbocycles. The van der Waals surface area contributed by atoms with Crippen molar-refractivity contribution in [2.75, 3.05) is 5.32 Å². The van der Waals surface area contributed by atoms with Crippen LogP contribution in [0.15, 0.2) is 54.6 Å². The lowest BCUT2D eigenvalue weighted by Gasteiger charge is -2.46. The van der Waals surface area contributed by atoms with E-state index in [1.165, 1.54) is 0 Å². The maximum absolute atomic E-state index is 13.1. The Bertz CT molecular complexity index is 986. The highest BCUT2D eigenvalue weighted by atomic mass is 16.2. The summed E-state index contributed by atoms with van der Waals surface area (Å²) in [7, 11) is 0. The highest BCUT2D eigenvalue weighted by molar-refractivity contribution is 6.11. The first kappa shape index (κ1) is 16.1. The fourth-order valence-electron chi connectivity index (χ4n) is 4.49. The molecule has 1 heterocycles. The van der Waals surface area contributed by atoms with E-state index in [4.69, 9.17) is 0 Å². The van der Waals surface area contributed by atoms with Crippen LogP contribution in [0.4, 0.5) is 5.69 Å². The monoisotopic (exact) mass is 341 g/mol. The molecule has 126 valence electrons. The van der Waals surface area contributed by atoms with Crippen molar-refractivity contribution < 1.29 is 9.59 Å². The number of fused-ring (bicyclic) bond motifs is 2. The number of nitriles is 2. The predicted molar refractivity (Wildman–Crippen MR) is 93.8 cm³/mol. The van der Waals surface area contributed by atoms with Crippen LogP contribution in [0, 0.1) is 28.1 Å². The van der Waals surface area contributed by atoms with Gasteiger partial charge in [0.2, 0.25) is 5.91 Å². The van der Waals surface area contributed by atoms with Crippen molar-refractivity contribution in [2.45, 2.75) is 24.2 Å². The number of carbonyl (C=O) groups is 2. The first-order valence-corrected chi connectivity index (χ1v) is 8.39. The zero-order valence-corrected chi connectivity index (χ0v) is 13.9. The number of hydrogen-bond donors (Lipinski definition) is 1. The van der Waals surface area contributed by atoms with Gasteiger partial charge < -0.3 is 5.32 Å². The average Bonchev–Trinajstić information content (AvgIpc) is 2.95. The van der Waals surface area contributed by atoms with Crippen molar-refractivity contribution in [2.24, 2.45) is 5.41 Å². The van der Waals surface area contributed by atoms with E-state index < -0.39 is 22.7 Å². The summed E-state index contributed by atoms with van der Waals surface area (Å²) in [6.45, 7) is 0. The number of ketones is 1. The highest BCUT2D eigenvalue weighted by Crippen LogP contribution is 2.60. The van der Waals surface area contributed by atoms with Gasteiger partial charge in [0, 0.05) is 24.4 Å². The second-order valence-electron chi connectivity index (χ2n) is 6.82. The van der Waals surface area contributed by atoms with Crippen LogP contribution < -0.4 is 5.32 Å². The number of nitrogens with one attached hydrogen (secondary N) is 1. The van der Waals surface area contributed by atoms with Crippen molar-refractivity contribution in [1.29, 1.82) is 10.5 Å². The molecule has 5 nitrogen and oxygen atoms in total. The first-order chi connectivity index (χ1) is 12.6. The summed E-state index contributed by atoms with van der Waals surface area (Å²) in [5, 5.41) is 23.1. The molecule has 1 amide bonds. The minimum Gasteiger partial charge on any atom is -0.325 e. The van der Waals surface area contributed by atoms with E-state index in [2.05, 4.69) is 17.5 Å². The third-order valence-corrected chi connectivity index (χ3v) is 5.67. The Morgan fingerprint density at radius 3 is 2.31 bits per heavy atom. The number of anilines is 1. The van der Waals surface area contributed by atoms with Crippen LogP contribution in [0.1, 0.15) is 29.9 Å². The molecule has 2 aromatic carbocycles. The second kappa shape index (κ2) is 5.54. The van der Waals surface area contributed by atoms with Crippen LogP contribution in [-0.4, -0.2) is 11.7 Å². The zero-order chi connectivity index (χ0) is 18.4. The maximum Gasteiger partial charge on any atom is 0.238 e. The van der Waals surface area contributed by atoms with Crippen LogP contribution >= 0.6 is 0 Å². The Kier molecular flexibility index (Phi) is 3.42. The Hall–Kier alpha value is -3.44. The van der Waals surface area contributed by atoms with Crippen molar-refractivity contribution in [3.8, 4) is 12.1 Å². The summed E-state index contributed by atoms with van der Waals surface area (Å²) in [5.41, 5.74) is -1.32. The molecule has 0 radical (unpaired) electrons. The number of rotatable bonds is 1. The molecule has 1 spiro atoms. The molecule has 4 rings (SSSR count). The Morgan fingerprint density at radius 2 is 1.62 bits per heavy atom. The minimum absolute atomic E-state index is 0.0718. The van der Waals surface area contributed by atoms with E-state index in [0.29, 0.717) is 11.3 Å². The molecule has 0 bridgehead atoms. The third-order valence-electron chi connectivity index (χ3n) is 5.67. The van der Waals surface area contributed by atoms with E-state index >= 15 is 0 Å². The maximum atomic E-state index is 13.1. The normalized spacial score (nSPS) is 25.8. The lowest BCUT2D eigenvalue weighted by Crippen LogP contribution is -2.56. The van der Waals surface area contributed by atoms with Gasteiger partial charge in [0.25, 0.3) is 0 Å². The van der Waals surface area contributed by atoms with Gasteiger partial charge in [0.1, 0.15) is 11.2 Å². The summed E-state index contributed by atoms with van der Waals surface area (Å²) in [5.74, 6) is -1.24. The number of nitrogens with zero attached hydrogens (tertiary/aromatic N) is 2. The number of para-hydroxylation sites is 1. The number of benzene rings is 2. The molecular formula is C21H15N3O2. The van der Waals surface area contributed by atoms with E-state index in [1.807, 2.05) is 18.2 Å². The Morgan fingerprint density at radius 1 is 0.962 bits per heavy atom. The minimum atomic E-state index is -1.67. The van der Waals surface area contributed by atoms with E-state index in [0.717, 1.165) is 5.56 Å². The molecule has 1 fully saturated rings. The summed E-state index contributed by atoms with van der Waals surface area (Å²) in [6, 6.07) is 20.4. The highest BCUT2D eigenvalue weighted by Gasteiger charge is 2.68. The average molecular weight is 341 g/mol. The van der Waals surface area contributed by atoms with Gasteiger partial charge in [-0.2, -0.15) is 10.5 Å². The molecule has 1 N–H and O–H groups in total. The molecular weight excluding hydrogens is 326 g/mol. The summed E-state index contributed by atoms with van der Waals surface area (Å²) in [6.07, 6.45) is -0.0668.